The lowest BCUT2D eigenvalue weighted by Crippen LogP contribution is -2.29. The molecule has 3 aromatic heterocycles. The van der Waals surface area contributed by atoms with Crippen molar-refractivity contribution in [1.82, 2.24) is 14.9 Å². The van der Waals surface area contributed by atoms with Crippen LogP contribution in [0.1, 0.15) is 35.4 Å². The summed E-state index contributed by atoms with van der Waals surface area (Å²) in [7, 11) is 0. The minimum absolute atomic E-state index is 0.243. The molecule has 1 aliphatic heterocycles. The van der Waals surface area contributed by atoms with Crippen molar-refractivity contribution in [2.45, 2.75) is 25.8 Å². The van der Waals surface area contributed by atoms with Gasteiger partial charge in [0, 0.05) is 17.3 Å². The standard InChI is InChI=1S/C17H18N4O2S2/c22-15(13-11-24-16(19-13)14-5-4-8-23-14)20-17-18-12(10-25-17)9-21-6-2-1-3-7-21/h4-5,8,10-11H,1-3,6-7,9H2,(H,18,20,22). The number of aromatic nitrogens is 2. The highest BCUT2D eigenvalue weighted by Crippen LogP contribution is 2.25. The number of hydrogen-bond donors (Lipinski definition) is 1. The van der Waals surface area contributed by atoms with E-state index in [1.807, 2.05) is 11.4 Å². The van der Waals surface area contributed by atoms with Gasteiger partial charge in [-0.3, -0.25) is 15.0 Å². The Morgan fingerprint density at radius 1 is 1.20 bits per heavy atom. The summed E-state index contributed by atoms with van der Waals surface area (Å²) in [5.74, 6) is 0.426. The minimum atomic E-state index is -0.243. The first-order chi connectivity index (χ1) is 12.3. The van der Waals surface area contributed by atoms with Crippen molar-refractivity contribution in [3.63, 3.8) is 0 Å². The fourth-order valence-corrected chi connectivity index (χ4v) is 4.30. The van der Waals surface area contributed by atoms with Crippen molar-refractivity contribution in [2.24, 2.45) is 0 Å². The number of nitrogens with one attached hydrogen (secondary N) is 1. The van der Waals surface area contributed by atoms with Gasteiger partial charge in [-0.1, -0.05) is 6.42 Å². The van der Waals surface area contributed by atoms with E-state index < -0.39 is 0 Å². The SMILES string of the molecule is O=C(Nc1nc(CN2CCCCC2)cs1)c1csc(-c2ccco2)n1. The lowest BCUT2D eigenvalue weighted by Gasteiger charge is -2.25. The molecule has 8 heteroatoms. The maximum absolute atomic E-state index is 12.4. The molecule has 3 aromatic rings. The largest absolute Gasteiger partial charge is 0.462 e. The molecule has 25 heavy (non-hydrogen) atoms. The molecule has 4 heterocycles. The van der Waals surface area contributed by atoms with Crippen LogP contribution in [0.5, 0.6) is 0 Å². The summed E-state index contributed by atoms with van der Waals surface area (Å²) in [6.07, 6.45) is 5.43. The first-order valence-corrected chi connectivity index (χ1v) is 10.0. The van der Waals surface area contributed by atoms with Gasteiger partial charge in [0.15, 0.2) is 15.9 Å². The zero-order chi connectivity index (χ0) is 17.1. The van der Waals surface area contributed by atoms with Crippen LogP contribution in [0.4, 0.5) is 5.13 Å². The Morgan fingerprint density at radius 3 is 2.88 bits per heavy atom. The fraction of sp³-hybridized carbons (Fsp3) is 0.353. The third-order valence-corrected chi connectivity index (χ3v) is 5.74. The average Bonchev–Trinajstić information content (AvgIpc) is 3.37. The molecular formula is C17H18N4O2S2. The minimum Gasteiger partial charge on any atom is -0.462 e. The zero-order valence-electron chi connectivity index (χ0n) is 13.6. The molecule has 4 rings (SSSR count). The van der Waals surface area contributed by atoms with Crippen molar-refractivity contribution in [2.75, 3.05) is 18.4 Å². The van der Waals surface area contributed by atoms with E-state index in [0.29, 0.717) is 21.6 Å². The van der Waals surface area contributed by atoms with E-state index in [9.17, 15) is 4.79 Å². The molecule has 1 N–H and O–H groups in total. The van der Waals surface area contributed by atoms with Crippen molar-refractivity contribution in [3.05, 3.63) is 40.5 Å². The number of likely N-dealkylation sites (tertiary alicyclic amines) is 1. The van der Waals surface area contributed by atoms with Gasteiger partial charge in [0.1, 0.15) is 5.69 Å². The summed E-state index contributed by atoms with van der Waals surface area (Å²) in [5, 5.41) is 7.89. The summed E-state index contributed by atoms with van der Waals surface area (Å²) >= 11 is 2.84. The topological polar surface area (TPSA) is 71.3 Å². The second-order valence-electron chi connectivity index (χ2n) is 5.95. The van der Waals surface area contributed by atoms with E-state index in [4.69, 9.17) is 4.42 Å². The number of hydrogen-bond acceptors (Lipinski definition) is 7. The van der Waals surface area contributed by atoms with Gasteiger partial charge in [-0.15, -0.1) is 22.7 Å². The predicted molar refractivity (Wildman–Crippen MR) is 99.0 cm³/mol. The quantitative estimate of drug-likeness (QED) is 0.728. The molecule has 0 aliphatic carbocycles. The molecule has 0 bridgehead atoms. The van der Waals surface area contributed by atoms with E-state index in [0.717, 1.165) is 25.3 Å². The summed E-state index contributed by atoms with van der Waals surface area (Å²) < 4.78 is 5.31. The molecule has 0 unspecified atom stereocenters. The van der Waals surface area contributed by atoms with Crippen LogP contribution in [0.3, 0.4) is 0 Å². The Morgan fingerprint density at radius 2 is 2.08 bits per heavy atom. The van der Waals surface area contributed by atoms with E-state index in [1.165, 1.54) is 41.9 Å². The first-order valence-electron chi connectivity index (χ1n) is 8.25. The van der Waals surface area contributed by atoms with Crippen LogP contribution >= 0.6 is 22.7 Å². The molecule has 130 valence electrons. The first kappa shape index (κ1) is 16.4. The van der Waals surface area contributed by atoms with Crippen LogP contribution in [0.2, 0.25) is 0 Å². The molecule has 1 aliphatic rings. The van der Waals surface area contributed by atoms with Crippen molar-refractivity contribution >= 4 is 33.7 Å². The molecule has 0 radical (unpaired) electrons. The second-order valence-corrected chi connectivity index (χ2v) is 7.67. The molecule has 0 aromatic carbocycles. The summed E-state index contributed by atoms with van der Waals surface area (Å²) in [6.45, 7) is 3.12. The predicted octanol–water partition coefficient (Wildman–Crippen LogP) is 4.10. The molecule has 6 nitrogen and oxygen atoms in total. The Labute approximate surface area is 153 Å². The molecule has 1 amide bonds. The van der Waals surface area contributed by atoms with E-state index in [-0.39, 0.29) is 5.91 Å². The third kappa shape index (κ3) is 3.97. The van der Waals surface area contributed by atoms with Gasteiger partial charge in [0.05, 0.1) is 12.0 Å². The van der Waals surface area contributed by atoms with Crippen LogP contribution in [0.25, 0.3) is 10.8 Å². The Bertz CT molecular complexity index is 835. The molecule has 1 saturated heterocycles. The van der Waals surface area contributed by atoms with E-state index in [1.54, 1.807) is 17.7 Å². The van der Waals surface area contributed by atoms with Crippen LogP contribution in [0, 0.1) is 0 Å². The number of anilines is 1. The van der Waals surface area contributed by atoms with E-state index >= 15 is 0 Å². The number of furan rings is 1. The lowest BCUT2D eigenvalue weighted by molar-refractivity contribution is 0.102. The van der Waals surface area contributed by atoms with Gasteiger partial charge in [-0.25, -0.2) is 9.97 Å². The molecule has 1 fully saturated rings. The highest BCUT2D eigenvalue weighted by atomic mass is 32.1. The molecule has 0 saturated carbocycles. The number of amides is 1. The number of nitrogens with zero attached hydrogens (tertiary/aromatic N) is 3. The van der Waals surface area contributed by atoms with Crippen LogP contribution in [0.15, 0.2) is 33.6 Å². The van der Waals surface area contributed by atoms with Crippen LogP contribution in [-0.4, -0.2) is 33.9 Å². The summed E-state index contributed by atoms with van der Waals surface area (Å²) in [5.41, 5.74) is 1.39. The summed E-state index contributed by atoms with van der Waals surface area (Å²) in [6, 6.07) is 3.63. The van der Waals surface area contributed by atoms with Crippen LogP contribution in [-0.2, 0) is 6.54 Å². The average molecular weight is 374 g/mol. The van der Waals surface area contributed by atoms with Gasteiger partial charge in [-0.05, 0) is 38.1 Å². The highest BCUT2D eigenvalue weighted by molar-refractivity contribution is 7.14. The van der Waals surface area contributed by atoms with Gasteiger partial charge < -0.3 is 4.42 Å². The molecule has 0 atom stereocenters. The number of rotatable bonds is 5. The maximum Gasteiger partial charge on any atom is 0.276 e. The van der Waals surface area contributed by atoms with Crippen molar-refractivity contribution in [1.29, 1.82) is 0 Å². The van der Waals surface area contributed by atoms with Gasteiger partial charge in [0.25, 0.3) is 5.91 Å². The fourth-order valence-electron chi connectivity index (χ4n) is 2.84. The maximum atomic E-state index is 12.4. The monoisotopic (exact) mass is 374 g/mol. The zero-order valence-corrected chi connectivity index (χ0v) is 15.2. The van der Waals surface area contributed by atoms with Gasteiger partial charge in [-0.2, -0.15) is 0 Å². The number of thiazole rings is 2. The number of carbonyl (C=O) groups is 1. The molecular weight excluding hydrogens is 356 g/mol. The normalized spacial score (nSPS) is 15.4. The third-order valence-electron chi connectivity index (χ3n) is 4.08. The van der Waals surface area contributed by atoms with E-state index in [2.05, 4.69) is 20.2 Å². The second kappa shape index (κ2) is 7.47. The lowest BCUT2D eigenvalue weighted by atomic mass is 10.1. The summed E-state index contributed by atoms with van der Waals surface area (Å²) in [4.78, 5) is 23.6. The Balaban J connectivity index is 1.38. The van der Waals surface area contributed by atoms with Crippen LogP contribution < -0.4 is 5.32 Å². The van der Waals surface area contributed by atoms with Gasteiger partial charge in [0.2, 0.25) is 0 Å². The highest BCUT2D eigenvalue weighted by Gasteiger charge is 2.16. The van der Waals surface area contributed by atoms with Crippen molar-refractivity contribution in [3.8, 4) is 10.8 Å². The number of carbonyl (C=O) groups excluding carboxylic acids is 1. The number of piperidine rings is 1. The molecule has 0 spiro atoms. The van der Waals surface area contributed by atoms with Gasteiger partial charge >= 0.3 is 0 Å². The smallest absolute Gasteiger partial charge is 0.276 e. The Hall–Kier alpha value is -2.03. The Kier molecular flexibility index (Phi) is 4.91. The van der Waals surface area contributed by atoms with Crippen molar-refractivity contribution < 1.29 is 9.21 Å².